The van der Waals surface area contributed by atoms with Gasteiger partial charge in [-0.05, 0) is 13.0 Å². The van der Waals surface area contributed by atoms with Crippen LogP contribution in [0, 0.1) is 0 Å². The van der Waals surface area contributed by atoms with Gasteiger partial charge in [0, 0.05) is 17.2 Å². The summed E-state index contributed by atoms with van der Waals surface area (Å²) >= 11 is 5.86. The Kier molecular flexibility index (Phi) is 3.92. The Labute approximate surface area is 87.3 Å². The normalized spacial score (nSPS) is 12.4. The summed E-state index contributed by atoms with van der Waals surface area (Å²) in [5.74, 6) is -1.03. The highest BCUT2D eigenvalue weighted by Crippen LogP contribution is 2.25. The van der Waals surface area contributed by atoms with Crippen molar-refractivity contribution in [3.63, 3.8) is 0 Å². The highest BCUT2D eigenvalue weighted by Gasteiger charge is 2.21. The molecular formula is C10H11ClO3. The van der Waals surface area contributed by atoms with Gasteiger partial charge in [-0.1, -0.05) is 29.8 Å². The fraction of sp³-hybridized carbons (Fsp3) is 0.300. The molecular weight excluding hydrogens is 204 g/mol. The summed E-state index contributed by atoms with van der Waals surface area (Å²) in [6, 6.07) is 6.77. The Morgan fingerprint density at radius 3 is 2.71 bits per heavy atom. The molecule has 1 atom stereocenters. The minimum atomic E-state index is -1.03. The van der Waals surface area contributed by atoms with Gasteiger partial charge in [0.25, 0.3) is 0 Å². The van der Waals surface area contributed by atoms with Crippen LogP contribution in [0.1, 0.15) is 18.6 Å². The second-order valence-electron chi connectivity index (χ2n) is 2.70. The summed E-state index contributed by atoms with van der Waals surface area (Å²) < 4.78 is 5.09. The van der Waals surface area contributed by atoms with Gasteiger partial charge in [0.05, 0.1) is 0 Å². The maximum atomic E-state index is 10.9. The SMILES string of the molecule is CCOC(C(=O)O)c1ccccc1Cl. The summed E-state index contributed by atoms with van der Waals surface area (Å²) in [5.41, 5.74) is 0.489. The van der Waals surface area contributed by atoms with Crippen LogP contribution in [-0.4, -0.2) is 17.7 Å². The molecule has 14 heavy (non-hydrogen) atoms. The Morgan fingerprint density at radius 2 is 2.21 bits per heavy atom. The van der Waals surface area contributed by atoms with Gasteiger partial charge in [-0.25, -0.2) is 4.79 Å². The fourth-order valence-electron chi connectivity index (χ4n) is 1.15. The van der Waals surface area contributed by atoms with Crippen LogP contribution in [0.4, 0.5) is 0 Å². The van der Waals surface area contributed by atoms with E-state index in [1.165, 1.54) is 0 Å². The lowest BCUT2D eigenvalue weighted by Gasteiger charge is -2.13. The Balaban J connectivity index is 2.99. The smallest absolute Gasteiger partial charge is 0.337 e. The van der Waals surface area contributed by atoms with Gasteiger partial charge >= 0.3 is 5.97 Å². The molecule has 1 unspecified atom stereocenters. The molecule has 1 aromatic carbocycles. The number of rotatable bonds is 4. The van der Waals surface area contributed by atoms with E-state index in [2.05, 4.69) is 0 Å². The minimum Gasteiger partial charge on any atom is -0.479 e. The maximum Gasteiger partial charge on any atom is 0.337 e. The second kappa shape index (κ2) is 4.98. The van der Waals surface area contributed by atoms with Crippen LogP contribution in [0.2, 0.25) is 5.02 Å². The molecule has 0 bridgehead atoms. The monoisotopic (exact) mass is 214 g/mol. The van der Waals surface area contributed by atoms with Crippen molar-refractivity contribution in [3.8, 4) is 0 Å². The van der Waals surface area contributed by atoms with Crippen LogP contribution in [0.3, 0.4) is 0 Å². The number of carbonyl (C=O) groups is 1. The van der Waals surface area contributed by atoms with Crippen molar-refractivity contribution in [3.05, 3.63) is 34.9 Å². The molecule has 0 aliphatic heterocycles. The van der Waals surface area contributed by atoms with E-state index in [4.69, 9.17) is 21.4 Å². The minimum absolute atomic E-state index is 0.336. The molecule has 0 aliphatic carbocycles. The van der Waals surface area contributed by atoms with Crippen molar-refractivity contribution in [1.29, 1.82) is 0 Å². The molecule has 1 aromatic rings. The van der Waals surface area contributed by atoms with E-state index in [1.54, 1.807) is 31.2 Å². The standard InChI is InChI=1S/C10H11ClO3/c1-2-14-9(10(12)13)7-5-3-4-6-8(7)11/h3-6,9H,2H2,1H3,(H,12,13). The third-order valence-electron chi connectivity index (χ3n) is 1.75. The quantitative estimate of drug-likeness (QED) is 0.838. The lowest BCUT2D eigenvalue weighted by molar-refractivity contribution is -0.150. The Bertz CT molecular complexity index is 325. The van der Waals surface area contributed by atoms with E-state index in [9.17, 15) is 4.79 Å². The third kappa shape index (κ3) is 2.47. The molecule has 1 N–H and O–H groups in total. The number of hydrogen-bond donors (Lipinski definition) is 1. The molecule has 1 rings (SSSR count). The van der Waals surface area contributed by atoms with E-state index in [1.807, 2.05) is 0 Å². The first kappa shape index (κ1) is 11.0. The first-order valence-corrected chi connectivity index (χ1v) is 4.63. The lowest BCUT2D eigenvalue weighted by Crippen LogP contribution is -2.15. The zero-order valence-corrected chi connectivity index (χ0v) is 8.49. The summed E-state index contributed by atoms with van der Waals surface area (Å²) in [6.07, 6.45) is -0.978. The third-order valence-corrected chi connectivity index (χ3v) is 2.09. The maximum absolute atomic E-state index is 10.9. The number of carboxylic acid groups (broad SMARTS) is 1. The van der Waals surface area contributed by atoms with Crippen LogP contribution in [0.25, 0.3) is 0 Å². The molecule has 0 aromatic heterocycles. The van der Waals surface area contributed by atoms with E-state index < -0.39 is 12.1 Å². The molecule has 0 amide bonds. The molecule has 0 heterocycles. The van der Waals surface area contributed by atoms with Crippen molar-refractivity contribution in [2.45, 2.75) is 13.0 Å². The largest absolute Gasteiger partial charge is 0.479 e. The molecule has 0 saturated carbocycles. The van der Waals surface area contributed by atoms with Crippen LogP contribution >= 0.6 is 11.6 Å². The van der Waals surface area contributed by atoms with Gasteiger partial charge < -0.3 is 9.84 Å². The lowest BCUT2D eigenvalue weighted by atomic mass is 10.1. The highest BCUT2D eigenvalue weighted by molar-refractivity contribution is 6.31. The first-order chi connectivity index (χ1) is 6.66. The molecule has 0 spiro atoms. The topological polar surface area (TPSA) is 46.5 Å². The zero-order chi connectivity index (χ0) is 10.6. The molecule has 0 aliphatic rings. The van der Waals surface area contributed by atoms with E-state index in [0.29, 0.717) is 17.2 Å². The molecule has 4 heteroatoms. The van der Waals surface area contributed by atoms with Crippen LogP contribution in [0.15, 0.2) is 24.3 Å². The fourth-order valence-corrected chi connectivity index (χ4v) is 1.38. The number of hydrogen-bond acceptors (Lipinski definition) is 2. The number of benzene rings is 1. The molecule has 3 nitrogen and oxygen atoms in total. The van der Waals surface area contributed by atoms with Crippen LogP contribution in [-0.2, 0) is 9.53 Å². The van der Waals surface area contributed by atoms with Gasteiger partial charge in [-0.3, -0.25) is 0 Å². The summed E-state index contributed by atoms with van der Waals surface area (Å²) in [6.45, 7) is 2.08. The van der Waals surface area contributed by atoms with Crippen LogP contribution in [0.5, 0.6) is 0 Å². The van der Waals surface area contributed by atoms with Crippen LogP contribution < -0.4 is 0 Å². The Hall–Kier alpha value is -1.06. The molecule has 76 valence electrons. The molecule has 0 radical (unpaired) electrons. The van der Waals surface area contributed by atoms with Gasteiger partial charge in [0.1, 0.15) is 0 Å². The highest BCUT2D eigenvalue weighted by atomic mass is 35.5. The van der Waals surface area contributed by atoms with E-state index >= 15 is 0 Å². The zero-order valence-electron chi connectivity index (χ0n) is 7.74. The van der Waals surface area contributed by atoms with Crippen molar-refractivity contribution < 1.29 is 14.6 Å². The van der Waals surface area contributed by atoms with Gasteiger partial charge in [0.15, 0.2) is 6.10 Å². The summed E-state index contributed by atoms with van der Waals surface area (Å²) in [5, 5.41) is 9.31. The Morgan fingerprint density at radius 1 is 1.57 bits per heavy atom. The second-order valence-corrected chi connectivity index (χ2v) is 3.10. The molecule has 0 saturated heterocycles. The molecule has 0 fully saturated rings. The predicted octanol–water partition coefficient (Wildman–Crippen LogP) is 2.50. The summed E-state index contributed by atoms with van der Waals surface area (Å²) in [4.78, 5) is 10.9. The number of ether oxygens (including phenoxy) is 1. The number of halogens is 1. The predicted molar refractivity (Wildman–Crippen MR) is 53.5 cm³/mol. The first-order valence-electron chi connectivity index (χ1n) is 4.25. The van der Waals surface area contributed by atoms with E-state index in [-0.39, 0.29) is 0 Å². The van der Waals surface area contributed by atoms with Gasteiger partial charge in [-0.15, -0.1) is 0 Å². The average Bonchev–Trinajstić information content (AvgIpc) is 2.15. The number of aliphatic carboxylic acids is 1. The average molecular weight is 215 g/mol. The van der Waals surface area contributed by atoms with Gasteiger partial charge in [-0.2, -0.15) is 0 Å². The van der Waals surface area contributed by atoms with Gasteiger partial charge in [0.2, 0.25) is 0 Å². The van der Waals surface area contributed by atoms with Crippen molar-refractivity contribution in [2.24, 2.45) is 0 Å². The van der Waals surface area contributed by atoms with Crippen molar-refractivity contribution in [2.75, 3.05) is 6.61 Å². The number of carboxylic acids is 1. The van der Waals surface area contributed by atoms with E-state index in [0.717, 1.165) is 0 Å². The van der Waals surface area contributed by atoms with Crippen molar-refractivity contribution in [1.82, 2.24) is 0 Å². The summed E-state index contributed by atoms with van der Waals surface area (Å²) in [7, 11) is 0. The van der Waals surface area contributed by atoms with Crippen molar-refractivity contribution >= 4 is 17.6 Å².